The van der Waals surface area contributed by atoms with Gasteiger partial charge in [-0.3, -0.25) is 9.59 Å². The average Bonchev–Trinajstić information content (AvgIpc) is 2.82. The highest BCUT2D eigenvalue weighted by Crippen LogP contribution is 2.20. The van der Waals surface area contributed by atoms with Gasteiger partial charge in [0.15, 0.2) is 0 Å². The van der Waals surface area contributed by atoms with Crippen LogP contribution in [0.3, 0.4) is 0 Å². The third-order valence-electron chi connectivity index (χ3n) is 3.51. The van der Waals surface area contributed by atoms with E-state index in [0.717, 1.165) is 0 Å². The first-order valence-corrected chi connectivity index (χ1v) is 7.13. The number of aliphatic hydroxyl groups is 1. The Hall–Kier alpha value is -2.12. The van der Waals surface area contributed by atoms with Crippen LogP contribution in [0.1, 0.15) is 12.0 Å². The van der Waals surface area contributed by atoms with Crippen LogP contribution in [0.5, 0.6) is 5.75 Å². The van der Waals surface area contributed by atoms with Crippen molar-refractivity contribution in [3.8, 4) is 5.75 Å². The van der Waals surface area contributed by atoms with Crippen molar-refractivity contribution < 1.29 is 24.5 Å². The van der Waals surface area contributed by atoms with Crippen LogP contribution >= 0.6 is 0 Å². The van der Waals surface area contributed by atoms with Gasteiger partial charge in [0.25, 0.3) is 0 Å². The monoisotopic (exact) mass is 308 g/mol. The molecule has 0 bridgehead atoms. The molecule has 2 atom stereocenters. The van der Waals surface area contributed by atoms with Gasteiger partial charge in [0.1, 0.15) is 18.0 Å². The molecule has 1 aliphatic rings. The van der Waals surface area contributed by atoms with E-state index in [-0.39, 0.29) is 31.8 Å². The number of ether oxygens (including phenoxy) is 1. The Kier molecular flexibility index (Phi) is 5.35. The molecule has 0 aliphatic carbocycles. The second-order valence-corrected chi connectivity index (χ2v) is 5.28. The predicted octanol–water partition coefficient (Wildman–Crippen LogP) is -0.387. The van der Waals surface area contributed by atoms with Crippen molar-refractivity contribution in [2.24, 2.45) is 5.73 Å². The van der Waals surface area contributed by atoms with Gasteiger partial charge in [0, 0.05) is 13.0 Å². The fraction of sp³-hybridized carbons (Fsp3) is 0.467. The topological polar surface area (TPSA) is 113 Å². The lowest BCUT2D eigenvalue weighted by Crippen LogP contribution is -2.32. The van der Waals surface area contributed by atoms with Crippen molar-refractivity contribution in [2.75, 3.05) is 19.6 Å². The van der Waals surface area contributed by atoms with Gasteiger partial charge >= 0.3 is 5.97 Å². The molecule has 1 saturated heterocycles. The molecule has 0 spiro atoms. The highest BCUT2D eigenvalue weighted by molar-refractivity contribution is 5.76. The van der Waals surface area contributed by atoms with E-state index < -0.39 is 18.2 Å². The molecule has 2 rings (SSSR count). The molecule has 7 heteroatoms. The van der Waals surface area contributed by atoms with Crippen LogP contribution in [-0.4, -0.2) is 58.8 Å². The van der Waals surface area contributed by atoms with Gasteiger partial charge in [-0.05, 0) is 17.7 Å². The molecule has 4 N–H and O–H groups in total. The Balaban J connectivity index is 1.93. The number of nitrogens with two attached hydrogens (primary N) is 1. The van der Waals surface area contributed by atoms with Crippen LogP contribution in [0, 0.1) is 0 Å². The highest BCUT2D eigenvalue weighted by Gasteiger charge is 2.35. The lowest BCUT2D eigenvalue weighted by atomic mass is 10.1. The minimum Gasteiger partial charge on any atom is -0.486 e. The third kappa shape index (κ3) is 4.19. The molecule has 1 amide bonds. The van der Waals surface area contributed by atoms with Gasteiger partial charge in [-0.25, -0.2) is 0 Å². The van der Waals surface area contributed by atoms with E-state index in [9.17, 15) is 14.7 Å². The summed E-state index contributed by atoms with van der Waals surface area (Å²) in [5.74, 6) is -0.454. The molecule has 1 fully saturated rings. The molecule has 1 aliphatic heterocycles. The second kappa shape index (κ2) is 7.24. The van der Waals surface area contributed by atoms with Crippen LogP contribution < -0.4 is 10.5 Å². The first kappa shape index (κ1) is 16.3. The van der Waals surface area contributed by atoms with E-state index >= 15 is 0 Å². The molecule has 7 nitrogen and oxygen atoms in total. The normalized spacial score (nSPS) is 20.9. The standard InChI is InChI=1S/C15H20N2O5/c16-6-5-14(19)17-8-12(18)13(9-17)22-11-3-1-10(2-4-11)7-15(20)21/h1-4,12-13,18H,5-9,16H2,(H,20,21)/t12-,13-/m1/s1. The number of likely N-dealkylation sites (tertiary alicyclic amines) is 1. The number of amides is 1. The van der Waals surface area contributed by atoms with E-state index in [2.05, 4.69) is 0 Å². The summed E-state index contributed by atoms with van der Waals surface area (Å²) in [6.45, 7) is 0.833. The van der Waals surface area contributed by atoms with Gasteiger partial charge in [-0.2, -0.15) is 0 Å². The fourth-order valence-corrected chi connectivity index (χ4v) is 2.39. The Morgan fingerprint density at radius 3 is 2.55 bits per heavy atom. The summed E-state index contributed by atoms with van der Waals surface area (Å²) in [6, 6.07) is 6.66. The maximum absolute atomic E-state index is 11.8. The van der Waals surface area contributed by atoms with Crippen molar-refractivity contribution in [1.29, 1.82) is 0 Å². The Morgan fingerprint density at radius 1 is 1.27 bits per heavy atom. The SMILES string of the molecule is NCCC(=O)N1C[C@@H](O)[C@H](Oc2ccc(CC(=O)O)cc2)C1. The summed E-state index contributed by atoms with van der Waals surface area (Å²) in [5.41, 5.74) is 6.03. The number of β-amino-alcohol motifs (C(OH)–C–C–N with tert-alkyl or cyclic N) is 1. The average molecular weight is 308 g/mol. The lowest BCUT2D eigenvalue weighted by molar-refractivity contribution is -0.136. The Labute approximate surface area is 128 Å². The van der Waals surface area contributed by atoms with Crippen LogP contribution in [-0.2, 0) is 16.0 Å². The molecular formula is C15H20N2O5. The number of benzene rings is 1. The number of rotatable bonds is 6. The van der Waals surface area contributed by atoms with Crippen LogP contribution in [0.4, 0.5) is 0 Å². The van der Waals surface area contributed by atoms with Crippen molar-refractivity contribution in [3.05, 3.63) is 29.8 Å². The molecule has 120 valence electrons. The number of carbonyl (C=O) groups is 2. The Bertz CT molecular complexity index is 531. The number of nitrogens with zero attached hydrogens (tertiary/aromatic N) is 1. The van der Waals surface area contributed by atoms with Gasteiger partial charge < -0.3 is 25.6 Å². The van der Waals surface area contributed by atoms with Gasteiger partial charge in [-0.1, -0.05) is 12.1 Å². The largest absolute Gasteiger partial charge is 0.486 e. The van der Waals surface area contributed by atoms with E-state index in [4.69, 9.17) is 15.6 Å². The lowest BCUT2D eigenvalue weighted by Gasteiger charge is -2.17. The number of carbonyl (C=O) groups excluding carboxylic acids is 1. The van der Waals surface area contributed by atoms with E-state index in [1.807, 2.05) is 0 Å². The minimum absolute atomic E-state index is 0.0479. The second-order valence-electron chi connectivity index (χ2n) is 5.28. The smallest absolute Gasteiger partial charge is 0.307 e. The predicted molar refractivity (Wildman–Crippen MR) is 78.5 cm³/mol. The summed E-state index contributed by atoms with van der Waals surface area (Å²) in [6.07, 6.45) is -1.04. The molecule has 1 aromatic carbocycles. The number of carboxylic acids is 1. The zero-order valence-corrected chi connectivity index (χ0v) is 12.1. The van der Waals surface area contributed by atoms with Crippen LogP contribution in [0.25, 0.3) is 0 Å². The van der Waals surface area contributed by atoms with Gasteiger partial charge in [-0.15, -0.1) is 0 Å². The molecule has 0 aromatic heterocycles. The number of carboxylic acid groups (broad SMARTS) is 1. The number of hydrogen-bond acceptors (Lipinski definition) is 5. The zero-order valence-electron chi connectivity index (χ0n) is 12.1. The quantitative estimate of drug-likeness (QED) is 0.660. The third-order valence-corrected chi connectivity index (χ3v) is 3.51. The summed E-state index contributed by atoms with van der Waals surface area (Å²) in [4.78, 5) is 23.9. The molecule has 22 heavy (non-hydrogen) atoms. The van der Waals surface area contributed by atoms with Crippen LogP contribution in [0.15, 0.2) is 24.3 Å². The van der Waals surface area contributed by atoms with Crippen molar-refractivity contribution >= 4 is 11.9 Å². The first-order valence-electron chi connectivity index (χ1n) is 7.13. The molecule has 0 radical (unpaired) electrons. The maximum Gasteiger partial charge on any atom is 0.307 e. The van der Waals surface area contributed by atoms with Crippen molar-refractivity contribution in [3.63, 3.8) is 0 Å². The highest BCUT2D eigenvalue weighted by atomic mass is 16.5. The number of aliphatic hydroxyl groups excluding tert-OH is 1. The zero-order chi connectivity index (χ0) is 16.1. The Morgan fingerprint density at radius 2 is 1.95 bits per heavy atom. The molecule has 0 unspecified atom stereocenters. The fourth-order valence-electron chi connectivity index (χ4n) is 2.39. The molecule has 1 aromatic rings. The van der Waals surface area contributed by atoms with E-state index in [0.29, 0.717) is 17.9 Å². The van der Waals surface area contributed by atoms with Gasteiger partial charge in [0.05, 0.1) is 19.5 Å². The summed E-state index contributed by atoms with van der Waals surface area (Å²) >= 11 is 0. The molecule has 1 heterocycles. The summed E-state index contributed by atoms with van der Waals surface area (Å²) in [5, 5.41) is 18.7. The van der Waals surface area contributed by atoms with E-state index in [1.54, 1.807) is 29.2 Å². The molecular weight excluding hydrogens is 288 g/mol. The molecule has 0 saturated carbocycles. The van der Waals surface area contributed by atoms with E-state index in [1.165, 1.54) is 0 Å². The van der Waals surface area contributed by atoms with Crippen molar-refractivity contribution in [2.45, 2.75) is 25.0 Å². The minimum atomic E-state index is -0.894. The van der Waals surface area contributed by atoms with Gasteiger partial charge in [0.2, 0.25) is 5.91 Å². The van der Waals surface area contributed by atoms with Crippen LogP contribution in [0.2, 0.25) is 0 Å². The van der Waals surface area contributed by atoms with Crippen molar-refractivity contribution in [1.82, 2.24) is 4.90 Å². The maximum atomic E-state index is 11.8. The summed E-state index contributed by atoms with van der Waals surface area (Å²) in [7, 11) is 0. The number of hydrogen-bond donors (Lipinski definition) is 3. The number of aliphatic carboxylic acids is 1. The summed E-state index contributed by atoms with van der Waals surface area (Å²) < 4.78 is 5.68. The first-order chi connectivity index (χ1) is 10.5.